The van der Waals surface area contributed by atoms with Crippen LogP contribution in [0, 0.1) is 10.7 Å². The number of amides is 1. The Balaban J connectivity index is 2.25. The molecule has 0 aliphatic rings. The zero-order chi connectivity index (χ0) is 30.6. The number of nitrogens with zero attached hydrogens (tertiary/aromatic N) is 5. The van der Waals surface area contributed by atoms with E-state index in [1.807, 2.05) is 0 Å². The quantitative estimate of drug-likeness (QED) is 0.220. The van der Waals surface area contributed by atoms with E-state index in [0.29, 0.717) is 16.6 Å². The van der Waals surface area contributed by atoms with Crippen molar-refractivity contribution in [2.45, 2.75) is 64.4 Å². The first-order valence-corrected chi connectivity index (χ1v) is 14.7. The van der Waals surface area contributed by atoms with Gasteiger partial charge in [-0.15, -0.1) is 0 Å². The number of imidazole rings is 1. The molecule has 0 aliphatic heterocycles. The molecule has 3 atom stereocenters. The third-order valence-electron chi connectivity index (χ3n) is 6.33. The third-order valence-corrected chi connectivity index (χ3v) is 8.08. The van der Waals surface area contributed by atoms with Crippen molar-refractivity contribution in [1.29, 1.82) is 4.78 Å². The van der Waals surface area contributed by atoms with Gasteiger partial charge in [0.1, 0.15) is 21.3 Å². The van der Waals surface area contributed by atoms with Crippen molar-refractivity contribution >= 4 is 44.7 Å². The molecule has 3 rings (SSSR count). The fourth-order valence-electron chi connectivity index (χ4n) is 4.21. The molecule has 1 amide bonds. The molecule has 2 unspecified atom stereocenters. The van der Waals surface area contributed by atoms with Crippen LogP contribution in [0.15, 0.2) is 40.3 Å². The van der Waals surface area contributed by atoms with E-state index < -0.39 is 51.5 Å². The largest absolute Gasteiger partial charge is 0.481 e. The number of nitrogens with one attached hydrogen (secondary N) is 1. The summed E-state index contributed by atoms with van der Waals surface area (Å²) < 4.78 is 28.4. The van der Waals surface area contributed by atoms with Crippen molar-refractivity contribution in [3.05, 3.63) is 46.4 Å². The number of nitrogens with two attached hydrogens (primary N) is 1. The maximum absolute atomic E-state index is 13.9. The van der Waals surface area contributed by atoms with Crippen molar-refractivity contribution in [2.24, 2.45) is 5.92 Å². The highest BCUT2D eigenvalue weighted by atomic mass is 32.2. The van der Waals surface area contributed by atoms with Gasteiger partial charge >= 0.3 is 23.7 Å². The number of esters is 1. The van der Waals surface area contributed by atoms with Gasteiger partial charge in [-0.3, -0.25) is 9.36 Å². The van der Waals surface area contributed by atoms with Gasteiger partial charge in [0.05, 0.1) is 18.6 Å². The van der Waals surface area contributed by atoms with Crippen LogP contribution in [0.1, 0.15) is 46.1 Å². The predicted molar refractivity (Wildman–Crippen MR) is 151 cm³/mol. The van der Waals surface area contributed by atoms with Crippen LogP contribution in [0.25, 0.3) is 11.2 Å². The molecule has 1 aromatic carbocycles. The number of anilines is 1. The molecule has 14 nitrogen and oxygen atoms in total. The molecule has 0 radical (unpaired) electrons. The van der Waals surface area contributed by atoms with Crippen LogP contribution in [0.4, 0.5) is 10.6 Å². The van der Waals surface area contributed by atoms with E-state index in [1.54, 1.807) is 51.1 Å². The molecule has 15 heteroatoms. The molecule has 2 aromatic heterocycles. The second-order valence-electron chi connectivity index (χ2n) is 10.0. The average molecular weight is 590 g/mol. The number of aromatic nitrogens is 4. The van der Waals surface area contributed by atoms with Crippen molar-refractivity contribution in [2.75, 3.05) is 18.5 Å². The van der Waals surface area contributed by atoms with E-state index in [0.717, 1.165) is 9.47 Å². The lowest BCUT2D eigenvalue weighted by Crippen LogP contribution is -2.49. The number of fused-ring (bicyclic) bond motifs is 1. The Bertz CT molecular complexity index is 1610. The van der Waals surface area contributed by atoms with Crippen molar-refractivity contribution < 1.29 is 28.4 Å². The Hall–Kier alpha value is -4.27. The second kappa shape index (κ2) is 12.5. The van der Waals surface area contributed by atoms with E-state index in [1.165, 1.54) is 14.0 Å². The highest BCUT2D eigenvalue weighted by Gasteiger charge is 2.35. The number of likely N-dealkylation sites (N-methyl/N-ethyl adjacent to an activating group) is 1. The number of ether oxygens (including phenoxy) is 1. The molecule has 222 valence electrons. The average Bonchev–Trinajstić information content (AvgIpc) is 3.17. The minimum atomic E-state index is -3.45. The van der Waals surface area contributed by atoms with Crippen LogP contribution in [0.2, 0.25) is 0 Å². The predicted octanol–water partition coefficient (Wildman–Crippen LogP) is 2.37. The normalized spacial score (nSPS) is 14.4. The summed E-state index contributed by atoms with van der Waals surface area (Å²) in [5.41, 5.74) is 5.72. The van der Waals surface area contributed by atoms with Crippen LogP contribution in [0.5, 0.6) is 0 Å². The molecule has 4 N–H and O–H groups in total. The van der Waals surface area contributed by atoms with E-state index in [-0.39, 0.29) is 40.9 Å². The number of hydrogen-bond donors (Lipinski definition) is 3. The Kier molecular flexibility index (Phi) is 9.53. The fourth-order valence-corrected chi connectivity index (χ4v) is 5.45. The summed E-state index contributed by atoms with van der Waals surface area (Å²) in [6.45, 7) is 6.31. The lowest BCUT2D eigenvalue weighted by molar-refractivity contribution is -0.153. The standard InChI is InChI=1S/C26H35N7O7S/c1-6-12-41(28,39)24-29-20(27)19-21(30-24)32(14-17-10-8-7-9-11-17)26(38)33(19)25(37)31(5)18(13-16(4)22(34)35)23(36)40-15(2)3/h7-11,15-16,18,28H,6,12-14H2,1-5H3,(H,34,35)(H2,27,29,30)/t16?,18-,41?/m0/s1. The molecule has 0 aliphatic carbocycles. The summed E-state index contributed by atoms with van der Waals surface area (Å²) >= 11 is 0. The number of hydrogen-bond acceptors (Lipinski definition) is 10. The van der Waals surface area contributed by atoms with E-state index in [9.17, 15) is 28.5 Å². The van der Waals surface area contributed by atoms with Crippen LogP contribution in [-0.2, 0) is 30.6 Å². The number of nitrogen functional groups attached to an aromatic ring is 1. The van der Waals surface area contributed by atoms with Crippen LogP contribution < -0.4 is 11.4 Å². The van der Waals surface area contributed by atoms with Crippen LogP contribution >= 0.6 is 0 Å². The van der Waals surface area contributed by atoms with Crippen molar-refractivity contribution in [3.8, 4) is 0 Å². The van der Waals surface area contributed by atoms with E-state index in [2.05, 4.69) is 9.97 Å². The Labute approximate surface area is 237 Å². The maximum Gasteiger partial charge on any atom is 0.339 e. The molecular formula is C26H35N7O7S. The minimum absolute atomic E-state index is 0.0371. The van der Waals surface area contributed by atoms with E-state index in [4.69, 9.17) is 15.3 Å². The van der Waals surface area contributed by atoms with Crippen LogP contribution in [0.3, 0.4) is 0 Å². The van der Waals surface area contributed by atoms with Gasteiger partial charge < -0.3 is 20.5 Å². The van der Waals surface area contributed by atoms with Crippen molar-refractivity contribution in [3.63, 3.8) is 0 Å². The first-order valence-electron chi connectivity index (χ1n) is 13.0. The Morgan fingerprint density at radius 3 is 2.37 bits per heavy atom. The monoisotopic (exact) mass is 589 g/mol. The number of aliphatic carboxylic acids is 1. The summed E-state index contributed by atoms with van der Waals surface area (Å²) in [6.07, 6.45) is -0.420. The third kappa shape index (κ3) is 6.73. The van der Waals surface area contributed by atoms with Gasteiger partial charge in [0.25, 0.3) is 0 Å². The van der Waals surface area contributed by atoms with Gasteiger partial charge in [-0.05, 0) is 32.3 Å². The summed E-state index contributed by atoms with van der Waals surface area (Å²) in [6, 6.07) is 6.47. The maximum atomic E-state index is 13.9. The number of carboxylic acid groups (broad SMARTS) is 1. The lowest BCUT2D eigenvalue weighted by Gasteiger charge is -2.28. The van der Waals surface area contributed by atoms with Gasteiger partial charge in [-0.25, -0.2) is 32.9 Å². The molecule has 3 aromatic rings. The minimum Gasteiger partial charge on any atom is -0.481 e. The van der Waals surface area contributed by atoms with Gasteiger partial charge in [-0.1, -0.05) is 44.2 Å². The Morgan fingerprint density at radius 2 is 1.80 bits per heavy atom. The molecule has 2 heterocycles. The molecule has 0 saturated carbocycles. The smallest absolute Gasteiger partial charge is 0.339 e. The summed E-state index contributed by atoms with van der Waals surface area (Å²) in [5, 5.41) is 9.08. The summed E-state index contributed by atoms with van der Waals surface area (Å²) in [4.78, 5) is 61.5. The number of carbonyl (C=O) groups is 3. The second-order valence-corrected chi connectivity index (χ2v) is 12.1. The SMILES string of the molecule is CCCS(=N)(=O)c1nc(N)c2c(n1)n(Cc1ccccc1)c(=O)n2C(=O)N(C)[C@@H](CC(C)C(=O)O)C(=O)OC(C)C. The zero-order valence-electron chi connectivity index (χ0n) is 23.6. The highest BCUT2D eigenvalue weighted by Crippen LogP contribution is 2.23. The van der Waals surface area contributed by atoms with Gasteiger partial charge in [0.2, 0.25) is 5.16 Å². The van der Waals surface area contributed by atoms with Gasteiger partial charge in [-0.2, -0.15) is 4.98 Å². The molecule has 0 fully saturated rings. The Morgan fingerprint density at radius 1 is 1.17 bits per heavy atom. The molecule has 41 heavy (non-hydrogen) atoms. The van der Waals surface area contributed by atoms with Gasteiger partial charge in [0, 0.05) is 12.8 Å². The highest BCUT2D eigenvalue weighted by molar-refractivity contribution is 7.92. The number of benzene rings is 1. The first-order chi connectivity index (χ1) is 19.2. The summed E-state index contributed by atoms with van der Waals surface area (Å²) in [7, 11) is -2.20. The van der Waals surface area contributed by atoms with E-state index >= 15 is 0 Å². The molecular weight excluding hydrogens is 554 g/mol. The van der Waals surface area contributed by atoms with Crippen molar-refractivity contribution in [1.82, 2.24) is 24.0 Å². The topological polar surface area (TPSA) is 204 Å². The summed E-state index contributed by atoms with van der Waals surface area (Å²) in [5.74, 6) is -3.44. The van der Waals surface area contributed by atoms with Crippen LogP contribution in [-0.4, -0.2) is 76.2 Å². The first kappa shape index (κ1) is 31.3. The zero-order valence-corrected chi connectivity index (χ0v) is 24.4. The molecule has 0 saturated heterocycles. The number of rotatable bonds is 11. The fraction of sp³-hybridized carbons (Fsp3) is 0.462. The number of carboxylic acids is 1. The molecule has 0 spiro atoms. The molecule has 0 bridgehead atoms. The van der Waals surface area contributed by atoms with Gasteiger partial charge in [0.15, 0.2) is 11.5 Å². The lowest BCUT2D eigenvalue weighted by atomic mass is 10.0. The number of carbonyl (C=O) groups excluding carboxylic acids is 2.